The zero-order chi connectivity index (χ0) is 20.4. The van der Waals surface area contributed by atoms with Gasteiger partial charge in [0.05, 0.1) is 29.6 Å². The molecule has 4 rings (SSSR count). The normalized spacial score (nSPS) is 47.8. The van der Waals surface area contributed by atoms with Crippen molar-refractivity contribution < 1.29 is 29.2 Å². The van der Waals surface area contributed by atoms with Gasteiger partial charge in [-0.05, 0) is 49.5 Å². The highest BCUT2D eigenvalue weighted by Gasteiger charge is 2.66. The predicted octanol–water partition coefficient (Wildman–Crippen LogP) is 2.99. The van der Waals surface area contributed by atoms with E-state index in [1.165, 1.54) is 5.57 Å². The molecule has 1 aliphatic heterocycles. The summed E-state index contributed by atoms with van der Waals surface area (Å²) >= 11 is 0. The van der Waals surface area contributed by atoms with Crippen molar-refractivity contribution in [2.24, 2.45) is 28.6 Å². The van der Waals surface area contributed by atoms with Crippen molar-refractivity contribution in [1.82, 2.24) is 0 Å². The van der Waals surface area contributed by atoms with Gasteiger partial charge < -0.3 is 24.4 Å². The molecule has 8 atom stereocenters. The first-order valence-electron chi connectivity index (χ1n) is 10.6. The van der Waals surface area contributed by atoms with Gasteiger partial charge in [-0.25, -0.2) is 0 Å². The van der Waals surface area contributed by atoms with Crippen molar-refractivity contribution in [3.05, 3.63) is 11.1 Å². The van der Waals surface area contributed by atoms with Crippen LogP contribution in [-0.2, 0) is 19.0 Å². The van der Waals surface area contributed by atoms with Crippen LogP contribution < -0.4 is 0 Å². The Morgan fingerprint density at radius 1 is 1.21 bits per heavy atom. The number of ether oxygens (including phenoxy) is 3. The summed E-state index contributed by atoms with van der Waals surface area (Å²) in [5, 5.41) is 20.9. The lowest BCUT2D eigenvalue weighted by Crippen LogP contribution is -2.52. The molecule has 0 aromatic carbocycles. The molecule has 3 fully saturated rings. The largest absolute Gasteiger partial charge is 0.481 e. The second-order valence-electron chi connectivity index (χ2n) is 9.77. The smallest absolute Gasteiger partial charge is 0.313 e. The molecule has 0 amide bonds. The number of fused-ring (bicyclic) bond motifs is 6. The molecule has 2 N–H and O–H groups in total. The molecule has 0 spiro atoms. The van der Waals surface area contributed by atoms with E-state index in [2.05, 4.69) is 20.8 Å². The summed E-state index contributed by atoms with van der Waals surface area (Å²) < 4.78 is 17.8. The van der Waals surface area contributed by atoms with Gasteiger partial charge >= 0.3 is 5.97 Å². The molecule has 4 aliphatic rings. The summed E-state index contributed by atoms with van der Waals surface area (Å²) in [7, 11) is 3.33. The summed E-state index contributed by atoms with van der Waals surface area (Å²) in [5.74, 6) is -0.564. The Labute approximate surface area is 167 Å². The van der Waals surface area contributed by atoms with Crippen LogP contribution in [0.5, 0.6) is 0 Å². The van der Waals surface area contributed by atoms with Crippen LogP contribution in [-0.4, -0.2) is 55.0 Å². The van der Waals surface area contributed by atoms with E-state index < -0.39 is 17.7 Å². The number of carboxylic acid groups (broad SMARTS) is 1. The molecule has 3 aliphatic carbocycles. The van der Waals surface area contributed by atoms with Gasteiger partial charge in [0.2, 0.25) is 0 Å². The van der Waals surface area contributed by atoms with Gasteiger partial charge in [0, 0.05) is 19.6 Å². The number of allylic oxidation sites excluding steroid dienone is 1. The molecule has 158 valence electrons. The number of aliphatic carboxylic acids is 1. The number of methoxy groups -OCH3 is 2. The first-order chi connectivity index (χ1) is 13.2. The fourth-order valence-electron chi connectivity index (χ4n) is 6.92. The highest BCUT2D eigenvalue weighted by molar-refractivity contribution is 5.81. The molecule has 0 aromatic rings. The van der Waals surface area contributed by atoms with Crippen molar-refractivity contribution >= 4 is 5.97 Å². The van der Waals surface area contributed by atoms with Gasteiger partial charge in [0.15, 0.2) is 6.29 Å². The third-order valence-electron chi connectivity index (χ3n) is 8.44. The number of aliphatic hydroxyl groups is 1. The molecular formula is C22H34O6. The summed E-state index contributed by atoms with van der Waals surface area (Å²) in [6.07, 6.45) is 1.96. The summed E-state index contributed by atoms with van der Waals surface area (Å²) in [5.41, 5.74) is 1.39. The van der Waals surface area contributed by atoms with Crippen molar-refractivity contribution in [3.63, 3.8) is 0 Å². The Morgan fingerprint density at radius 2 is 1.93 bits per heavy atom. The predicted molar refractivity (Wildman–Crippen MR) is 103 cm³/mol. The van der Waals surface area contributed by atoms with Crippen LogP contribution in [0.3, 0.4) is 0 Å². The zero-order valence-corrected chi connectivity index (χ0v) is 17.6. The van der Waals surface area contributed by atoms with Crippen molar-refractivity contribution in [2.75, 3.05) is 14.2 Å². The van der Waals surface area contributed by atoms with Gasteiger partial charge in [-0.1, -0.05) is 26.3 Å². The van der Waals surface area contributed by atoms with Crippen LogP contribution in [0.15, 0.2) is 11.1 Å². The monoisotopic (exact) mass is 394 g/mol. The number of hydrogen-bond acceptors (Lipinski definition) is 5. The van der Waals surface area contributed by atoms with E-state index in [0.29, 0.717) is 25.2 Å². The molecule has 28 heavy (non-hydrogen) atoms. The van der Waals surface area contributed by atoms with Crippen LogP contribution in [0.4, 0.5) is 0 Å². The second kappa shape index (κ2) is 6.79. The number of rotatable bonds is 4. The fourth-order valence-corrected chi connectivity index (χ4v) is 6.92. The van der Waals surface area contributed by atoms with Gasteiger partial charge in [-0.2, -0.15) is 0 Å². The Hall–Kier alpha value is -0.950. The Balaban J connectivity index is 1.89. The standard InChI is InChI=1S/C22H34O6/c1-11(2)12-6-7-22(20(24)25)9-8-21(3)13(16(12)22)10-14(26-4)15-17(27-5)18(21)28-19(15)23/h11,13-15,17-19,23H,6-10H2,1-5H3,(H,24,25)/t13-,14-,15+,17+,18+,19?,21-,22+/m1/s1. The summed E-state index contributed by atoms with van der Waals surface area (Å²) in [6.45, 7) is 6.54. The van der Waals surface area contributed by atoms with Crippen LogP contribution in [0.1, 0.15) is 52.9 Å². The average Bonchev–Trinajstić information content (AvgIpc) is 3.17. The highest BCUT2D eigenvalue weighted by atomic mass is 16.6. The molecule has 2 bridgehead atoms. The third-order valence-corrected chi connectivity index (χ3v) is 8.44. The lowest BCUT2D eigenvalue weighted by Gasteiger charge is -2.52. The third kappa shape index (κ3) is 2.51. The molecular weight excluding hydrogens is 360 g/mol. The van der Waals surface area contributed by atoms with Crippen molar-refractivity contribution in [1.29, 1.82) is 0 Å². The van der Waals surface area contributed by atoms with E-state index in [-0.39, 0.29) is 35.6 Å². The van der Waals surface area contributed by atoms with Gasteiger partial charge in [-0.15, -0.1) is 0 Å². The van der Waals surface area contributed by atoms with Crippen molar-refractivity contribution in [2.45, 2.75) is 77.5 Å². The van der Waals surface area contributed by atoms with Gasteiger partial charge in [-0.3, -0.25) is 4.79 Å². The van der Waals surface area contributed by atoms with Gasteiger partial charge in [0.25, 0.3) is 0 Å². The molecule has 2 saturated carbocycles. The van der Waals surface area contributed by atoms with E-state index >= 15 is 0 Å². The quantitative estimate of drug-likeness (QED) is 0.713. The van der Waals surface area contributed by atoms with E-state index in [0.717, 1.165) is 18.4 Å². The fraction of sp³-hybridized carbons (Fsp3) is 0.864. The second-order valence-corrected chi connectivity index (χ2v) is 9.77. The first kappa shape index (κ1) is 20.3. The SMILES string of the molecule is CO[C@H]1[C@H]2C(O)O[C@@H]1[C@]1(C)CC[C@@]3(C(=O)O)CCC(C(C)C)=C3[C@H]1C[C@H]2OC. The van der Waals surface area contributed by atoms with Crippen LogP contribution in [0, 0.1) is 28.6 Å². The lowest BCUT2D eigenvalue weighted by atomic mass is 9.53. The minimum absolute atomic E-state index is 0.0577. The van der Waals surface area contributed by atoms with E-state index in [9.17, 15) is 15.0 Å². The topological polar surface area (TPSA) is 85.2 Å². The maximum absolute atomic E-state index is 12.5. The molecule has 0 radical (unpaired) electrons. The Morgan fingerprint density at radius 3 is 2.50 bits per heavy atom. The summed E-state index contributed by atoms with van der Waals surface area (Å²) in [4.78, 5) is 12.5. The van der Waals surface area contributed by atoms with Crippen LogP contribution >= 0.6 is 0 Å². The minimum atomic E-state index is -0.911. The van der Waals surface area contributed by atoms with Crippen LogP contribution in [0.2, 0.25) is 0 Å². The Bertz CT molecular complexity index is 687. The molecule has 6 nitrogen and oxygen atoms in total. The summed E-state index contributed by atoms with van der Waals surface area (Å²) in [6, 6.07) is 0. The molecule has 1 saturated heterocycles. The highest BCUT2D eigenvalue weighted by Crippen LogP contribution is 2.65. The van der Waals surface area contributed by atoms with Crippen LogP contribution in [0.25, 0.3) is 0 Å². The van der Waals surface area contributed by atoms with Gasteiger partial charge in [0.1, 0.15) is 0 Å². The zero-order valence-electron chi connectivity index (χ0n) is 17.6. The van der Waals surface area contributed by atoms with E-state index in [1.54, 1.807) is 14.2 Å². The maximum Gasteiger partial charge on any atom is 0.313 e. The number of hydrogen-bond donors (Lipinski definition) is 2. The average molecular weight is 395 g/mol. The number of carboxylic acids is 1. The van der Waals surface area contributed by atoms with E-state index in [4.69, 9.17) is 14.2 Å². The maximum atomic E-state index is 12.5. The number of carbonyl (C=O) groups is 1. The molecule has 0 aromatic heterocycles. The lowest BCUT2D eigenvalue weighted by molar-refractivity contribution is -0.184. The first-order valence-corrected chi connectivity index (χ1v) is 10.6. The van der Waals surface area contributed by atoms with E-state index in [1.807, 2.05) is 0 Å². The Kier molecular flexibility index (Phi) is 4.93. The number of aliphatic hydroxyl groups excluding tert-OH is 1. The van der Waals surface area contributed by atoms with Crippen molar-refractivity contribution in [3.8, 4) is 0 Å². The minimum Gasteiger partial charge on any atom is -0.481 e. The molecule has 6 heteroatoms. The molecule has 1 heterocycles. The molecule has 1 unspecified atom stereocenters.